The lowest BCUT2D eigenvalue weighted by molar-refractivity contribution is -0.144. The number of hydrogen-bond donors (Lipinski definition) is 6. The van der Waals surface area contributed by atoms with E-state index in [4.69, 9.17) is 10.8 Å². The highest BCUT2D eigenvalue weighted by Crippen LogP contribution is 2.20. The maximum Gasteiger partial charge on any atom is 0.327 e. The van der Waals surface area contributed by atoms with E-state index in [0.29, 0.717) is 32.4 Å². The molecule has 11 nitrogen and oxygen atoms in total. The van der Waals surface area contributed by atoms with Crippen molar-refractivity contribution in [1.82, 2.24) is 20.9 Å². The van der Waals surface area contributed by atoms with Gasteiger partial charge in [0.05, 0.1) is 6.04 Å². The largest absolute Gasteiger partial charge is 0.480 e. The summed E-state index contributed by atoms with van der Waals surface area (Å²) in [6.07, 6.45) is 2.35. The fourth-order valence-corrected chi connectivity index (χ4v) is 3.93. The van der Waals surface area contributed by atoms with Crippen molar-refractivity contribution in [2.75, 3.05) is 18.8 Å². The van der Waals surface area contributed by atoms with Crippen molar-refractivity contribution >= 4 is 42.2 Å². The van der Waals surface area contributed by atoms with Crippen molar-refractivity contribution in [2.45, 2.75) is 62.7 Å². The van der Waals surface area contributed by atoms with Gasteiger partial charge in [0.1, 0.15) is 18.1 Å². The molecule has 2 rings (SSSR count). The quantitative estimate of drug-likeness (QED) is 0.212. The average Bonchev–Trinajstić information content (AvgIpc) is 3.39. The summed E-state index contributed by atoms with van der Waals surface area (Å²) in [6, 6.07) is -3.42. The van der Waals surface area contributed by atoms with Crippen LogP contribution in [0, 0.1) is 0 Å². The van der Waals surface area contributed by atoms with E-state index in [1.54, 1.807) is 0 Å². The summed E-state index contributed by atoms with van der Waals surface area (Å²) < 4.78 is 0. The van der Waals surface area contributed by atoms with Crippen LogP contribution in [0.1, 0.15) is 38.5 Å². The van der Waals surface area contributed by atoms with Gasteiger partial charge < -0.3 is 31.7 Å². The van der Waals surface area contributed by atoms with Gasteiger partial charge in [0.15, 0.2) is 0 Å². The molecule has 0 saturated carbocycles. The van der Waals surface area contributed by atoms with E-state index in [2.05, 4.69) is 28.6 Å². The van der Waals surface area contributed by atoms with Crippen LogP contribution in [0.15, 0.2) is 0 Å². The second-order valence-corrected chi connectivity index (χ2v) is 7.85. The number of primary amides is 1. The summed E-state index contributed by atoms with van der Waals surface area (Å²) in [7, 11) is 0. The highest BCUT2D eigenvalue weighted by Gasteiger charge is 2.39. The lowest BCUT2D eigenvalue weighted by Gasteiger charge is -2.29. The number of likely N-dealkylation sites (tertiary alicyclic amines) is 1. The molecule has 4 unspecified atom stereocenters. The van der Waals surface area contributed by atoms with Crippen LogP contribution in [0.2, 0.25) is 0 Å². The number of rotatable bonds is 10. The zero-order chi connectivity index (χ0) is 22.3. The minimum Gasteiger partial charge on any atom is -0.480 e. The molecule has 0 aliphatic carbocycles. The first-order chi connectivity index (χ1) is 14.2. The van der Waals surface area contributed by atoms with Crippen LogP contribution in [0.5, 0.6) is 0 Å². The molecule has 30 heavy (non-hydrogen) atoms. The highest BCUT2D eigenvalue weighted by molar-refractivity contribution is 7.80. The Hall–Kier alpha value is -2.34. The first-order valence-corrected chi connectivity index (χ1v) is 10.6. The molecule has 0 spiro atoms. The Bertz CT molecular complexity index is 684. The number of carbonyl (C=O) groups is 5. The van der Waals surface area contributed by atoms with E-state index in [1.807, 2.05) is 0 Å². The smallest absolute Gasteiger partial charge is 0.327 e. The van der Waals surface area contributed by atoms with Gasteiger partial charge in [-0.2, -0.15) is 12.6 Å². The molecule has 2 heterocycles. The molecule has 4 atom stereocenters. The molecule has 0 radical (unpaired) electrons. The lowest BCUT2D eigenvalue weighted by Crippen LogP contribution is -2.57. The van der Waals surface area contributed by atoms with Crippen molar-refractivity contribution in [3.8, 4) is 0 Å². The Morgan fingerprint density at radius 2 is 1.80 bits per heavy atom. The van der Waals surface area contributed by atoms with Crippen LogP contribution in [-0.4, -0.2) is 82.6 Å². The number of carboxylic acids is 1. The maximum absolute atomic E-state index is 13.1. The fourth-order valence-electron chi connectivity index (χ4n) is 3.68. The number of aliphatic carboxylic acids is 1. The first-order valence-electron chi connectivity index (χ1n) is 10.0. The van der Waals surface area contributed by atoms with Crippen LogP contribution >= 0.6 is 12.6 Å². The predicted octanol–water partition coefficient (Wildman–Crippen LogP) is -2.02. The summed E-state index contributed by atoms with van der Waals surface area (Å²) in [4.78, 5) is 61.9. The minimum absolute atomic E-state index is 0.0197. The minimum atomic E-state index is -1.22. The molecular formula is C18H29N5O6S. The molecular weight excluding hydrogens is 414 g/mol. The maximum atomic E-state index is 13.1. The van der Waals surface area contributed by atoms with Gasteiger partial charge in [0.25, 0.3) is 0 Å². The summed E-state index contributed by atoms with van der Waals surface area (Å²) in [5.41, 5.74) is 5.21. The number of carbonyl (C=O) groups excluding carboxylic acids is 4. The molecule has 4 amide bonds. The van der Waals surface area contributed by atoms with Crippen molar-refractivity contribution in [1.29, 1.82) is 0 Å². The summed E-state index contributed by atoms with van der Waals surface area (Å²) >= 11 is 3.92. The van der Waals surface area contributed by atoms with Crippen molar-refractivity contribution in [2.24, 2.45) is 5.73 Å². The monoisotopic (exact) mass is 443 g/mol. The Balaban J connectivity index is 2.09. The zero-order valence-electron chi connectivity index (χ0n) is 16.6. The van der Waals surface area contributed by atoms with Crippen LogP contribution in [0.25, 0.3) is 0 Å². The number of carboxylic acid groups (broad SMARTS) is 1. The van der Waals surface area contributed by atoms with Crippen LogP contribution in [-0.2, 0) is 24.0 Å². The van der Waals surface area contributed by atoms with Gasteiger partial charge in [-0.25, -0.2) is 4.79 Å². The van der Waals surface area contributed by atoms with Crippen LogP contribution in [0.3, 0.4) is 0 Å². The van der Waals surface area contributed by atoms with E-state index in [0.717, 1.165) is 6.42 Å². The van der Waals surface area contributed by atoms with Crippen molar-refractivity contribution < 1.29 is 29.1 Å². The zero-order valence-corrected chi connectivity index (χ0v) is 17.5. The summed E-state index contributed by atoms with van der Waals surface area (Å²) in [6.45, 7) is 1.00. The normalized spacial score (nSPS) is 22.9. The number of thiol groups is 1. The number of hydrogen-bond acceptors (Lipinski definition) is 7. The molecule has 2 saturated heterocycles. The molecule has 2 aliphatic heterocycles. The second kappa shape index (κ2) is 11.2. The van der Waals surface area contributed by atoms with Crippen LogP contribution in [0.4, 0.5) is 0 Å². The molecule has 0 aromatic carbocycles. The Morgan fingerprint density at radius 3 is 2.37 bits per heavy atom. The number of nitrogens with two attached hydrogens (primary N) is 1. The molecule has 168 valence electrons. The van der Waals surface area contributed by atoms with E-state index in [-0.39, 0.29) is 24.5 Å². The van der Waals surface area contributed by atoms with Gasteiger partial charge in [-0.05, 0) is 38.6 Å². The molecule has 6 N–H and O–H groups in total. The van der Waals surface area contributed by atoms with E-state index in [9.17, 15) is 24.0 Å². The third-order valence-corrected chi connectivity index (χ3v) is 5.67. The van der Waals surface area contributed by atoms with E-state index in [1.165, 1.54) is 4.90 Å². The molecule has 0 aromatic heterocycles. The SMILES string of the molecule is NC(=O)CCC(NC(=O)C1CCCN1)C(=O)N1CCCC1C(=O)NC(CS)C(=O)O. The van der Waals surface area contributed by atoms with Gasteiger partial charge in [-0.15, -0.1) is 0 Å². The molecule has 0 bridgehead atoms. The number of nitrogens with zero attached hydrogens (tertiary/aromatic N) is 1. The number of amides is 4. The Labute approximate surface area is 179 Å². The third-order valence-electron chi connectivity index (χ3n) is 5.31. The Morgan fingerprint density at radius 1 is 1.10 bits per heavy atom. The van der Waals surface area contributed by atoms with Gasteiger partial charge in [0, 0.05) is 18.7 Å². The molecule has 0 aromatic rings. The summed E-state index contributed by atoms with van der Waals surface area (Å²) in [5.74, 6) is -3.32. The van der Waals surface area contributed by atoms with Crippen molar-refractivity contribution in [3.63, 3.8) is 0 Å². The first kappa shape index (κ1) is 23.9. The van der Waals surface area contributed by atoms with E-state index < -0.39 is 47.9 Å². The molecule has 2 fully saturated rings. The fraction of sp³-hybridized carbons (Fsp3) is 0.722. The molecule has 2 aliphatic rings. The lowest BCUT2D eigenvalue weighted by atomic mass is 10.1. The van der Waals surface area contributed by atoms with E-state index >= 15 is 0 Å². The Kier molecular flexibility index (Phi) is 8.90. The van der Waals surface area contributed by atoms with Crippen LogP contribution < -0.4 is 21.7 Å². The van der Waals surface area contributed by atoms with Gasteiger partial charge in [-0.1, -0.05) is 0 Å². The second-order valence-electron chi connectivity index (χ2n) is 7.49. The van der Waals surface area contributed by atoms with Gasteiger partial charge in [-0.3, -0.25) is 19.2 Å². The highest BCUT2D eigenvalue weighted by atomic mass is 32.1. The third kappa shape index (κ3) is 6.33. The van der Waals surface area contributed by atoms with Gasteiger partial charge in [0.2, 0.25) is 23.6 Å². The predicted molar refractivity (Wildman–Crippen MR) is 110 cm³/mol. The molecule has 12 heteroatoms. The average molecular weight is 444 g/mol. The van der Waals surface area contributed by atoms with Crippen molar-refractivity contribution in [3.05, 3.63) is 0 Å². The summed E-state index contributed by atoms with van der Waals surface area (Å²) in [5, 5.41) is 17.2. The standard InChI is InChI=1S/C18H29N5O6S/c19-14(24)6-5-11(21-15(25)10-3-1-7-20-10)17(27)23-8-2-4-13(23)16(26)22-12(9-30)18(28)29/h10-13,20,30H,1-9H2,(H2,19,24)(H,21,25)(H,22,26)(H,28,29). The topological polar surface area (TPSA) is 171 Å². The number of nitrogens with one attached hydrogen (secondary N) is 3. The van der Waals surface area contributed by atoms with Gasteiger partial charge >= 0.3 is 5.97 Å².